The van der Waals surface area contributed by atoms with Crippen molar-refractivity contribution in [2.75, 3.05) is 13.1 Å². The third kappa shape index (κ3) is 4.65. The number of amides is 1. The van der Waals surface area contributed by atoms with Crippen LogP contribution in [0.2, 0.25) is 0 Å². The Balaban J connectivity index is 1.58. The maximum absolute atomic E-state index is 13.8. The second-order valence-electron chi connectivity index (χ2n) is 7.19. The van der Waals surface area contributed by atoms with E-state index in [0.29, 0.717) is 12.3 Å². The molecule has 1 aromatic rings. The lowest BCUT2D eigenvalue weighted by molar-refractivity contribution is -0.143. The fourth-order valence-electron chi connectivity index (χ4n) is 3.35. The van der Waals surface area contributed by atoms with Crippen molar-refractivity contribution >= 4 is 21.9 Å². The SMILES string of the molecule is O=C(NC(CC1CC1)C(=O)O)C1CCN(S(=O)(=O)c2ccccc2F)CC1. The molecular formula is C18H23FN2O5S. The number of hydrogen-bond acceptors (Lipinski definition) is 4. The number of carboxylic acid groups (broad SMARTS) is 1. The van der Waals surface area contributed by atoms with Gasteiger partial charge < -0.3 is 10.4 Å². The molecule has 2 fully saturated rings. The van der Waals surface area contributed by atoms with Crippen molar-refractivity contribution in [3.05, 3.63) is 30.1 Å². The van der Waals surface area contributed by atoms with Gasteiger partial charge in [0.25, 0.3) is 0 Å². The Kier molecular flexibility index (Phi) is 5.81. The van der Waals surface area contributed by atoms with E-state index in [0.717, 1.165) is 18.9 Å². The number of aliphatic carboxylic acids is 1. The lowest BCUT2D eigenvalue weighted by Gasteiger charge is -2.31. The molecule has 1 heterocycles. The topological polar surface area (TPSA) is 104 Å². The first-order chi connectivity index (χ1) is 12.8. The van der Waals surface area contributed by atoms with E-state index in [1.54, 1.807) is 0 Å². The molecule has 2 aliphatic rings. The second-order valence-corrected chi connectivity index (χ2v) is 9.09. The van der Waals surface area contributed by atoms with Crippen molar-refractivity contribution in [2.24, 2.45) is 11.8 Å². The number of benzene rings is 1. The van der Waals surface area contributed by atoms with E-state index < -0.39 is 33.8 Å². The smallest absolute Gasteiger partial charge is 0.326 e. The number of nitrogens with one attached hydrogen (secondary N) is 1. The number of hydrogen-bond donors (Lipinski definition) is 2. The van der Waals surface area contributed by atoms with E-state index in [2.05, 4.69) is 5.32 Å². The molecule has 1 saturated carbocycles. The normalized spacial score (nSPS) is 20.2. The first-order valence-electron chi connectivity index (χ1n) is 9.07. The van der Waals surface area contributed by atoms with Crippen molar-refractivity contribution < 1.29 is 27.5 Å². The van der Waals surface area contributed by atoms with E-state index in [-0.39, 0.29) is 36.7 Å². The highest BCUT2D eigenvalue weighted by molar-refractivity contribution is 7.89. The number of carbonyl (C=O) groups is 2. The van der Waals surface area contributed by atoms with Crippen LogP contribution in [0.5, 0.6) is 0 Å². The van der Waals surface area contributed by atoms with E-state index in [4.69, 9.17) is 0 Å². The third-order valence-corrected chi connectivity index (χ3v) is 7.09. The van der Waals surface area contributed by atoms with E-state index >= 15 is 0 Å². The summed E-state index contributed by atoms with van der Waals surface area (Å²) in [5, 5.41) is 11.8. The first kappa shape index (κ1) is 19.8. The Labute approximate surface area is 157 Å². The third-order valence-electron chi connectivity index (χ3n) is 5.16. The summed E-state index contributed by atoms with van der Waals surface area (Å²) in [6.45, 7) is 0.185. The van der Waals surface area contributed by atoms with Crippen LogP contribution >= 0.6 is 0 Å². The largest absolute Gasteiger partial charge is 0.480 e. The first-order valence-corrected chi connectivity index (χ1v) is 10.5. The molecule has 1 aliphatic heterocycles. The zero-order valence-corrected chi connectivity index (χ0v) is 15.6. The van der Waals surface area contributed by atoms with Crippen LogP contribution in [0.15, 0.2) is 29.2 Å². The highest BCUT2D eigenvalue weighted by atomic mass is 32.2. The molecule has 148 valence electrons. The minimum absolute atomic E-state index is 0.0924. The summed E-state index contributed by atoms with van der Waals surface area (Å²) in [5.41, 5.74) is 0. The van der Waals surface area contributed by atoms with Crippen LogP contribution in [0, 0.1) is 17.7 Å². The molecule has 27 heavy (non-hydrogen) atoms. The van der Waals surface area contributed by atoms with Crippen LogP contribution in [0.25, 0.3) is 0 Å². The van der Waals surface area contributed by atoms with Crippen molar-refractivity contribution in [1.82, 2.24) is 9.62 Å². The van der Waals surface area contributed by atoms with Crippen LogP contribution < -0.4 is 5.32 Å². The van der Waals surface area contributed by atoms with Crippen molar-refractivity contribution in [3.63, 3.8) is 0 Å². The molecule has 7 nitrogen and oxygen atoms in total. The average Bonchev–Trinajstić information content (AvgIpc) is 3.45. The summed E-state index contributed by atoms with van der Waals surface area (Å²) in [7, 11) is -3.95. The standard InChI is InChI=1S/C18H23FN2O5S/c19-14-3-1-2-4-16(14)27(25,26)21-9-7-13(8-10-21)17(22)20-15(18(23)24)11-12-5-6-12/h1-4,12-13,15H,5-11H2,(H,20,22)(H,23,24). The number of nitrogens with zero attached hydrogens (tertiary/aromatic N) is 1. The van der Waals surface area contributed by atoms with Gasteiger partial charge in [-0.15, -0.1) is 0 Å². The van der Waals surface area contributed by atoms with Crippen LogP contribution in [-0.2, 0) is 19.6 Å². The molecule has 2 N–H and O–H groups in total. The molecule has 1 unspecified atom stereocenters. The van der Waals surface area contributed by atoms with E-state index in [9.17, 15) is 27.5 Å². The lowest BCUT2D eigenvalue weighted by atomic mass is 9.96. The zero-order chi connectivity index (χ0) is 19.6. The van der Waals surface area contributed by atoms with Crippen LogP contribution in [-0.4, -0.2) is 48.8 Å². The number of halogens is 1. The van der Waals surface area contributed by atoms with Gasteiger partial charge in [-0.05, 0) is 37.3 Å². The molecule has 0 aromatic heterocycles. The van der Waals surface area contributed by atoms with Gasteiger partial charge >= 0.3 is 5.97 Å². The number of carbonyl (C=O) groups excluding carboxylic acids is 1. The predicted octanol–water partition coefficient (Wildman–Crippen LogP) is 1.60. The van der Waals surface area contributed by atoms with Crippen LogP contribution in [0.4, 0.5) is 4.39 Å². The molecule has 0 bridgehead atoms. The minimum atomic E-state index is -3.95. The van der Waals surface area contributed by atoms with Gasteiger partial charge in [-0.25, -0.2) is 17.6 Å². The molecule has 1 atom stereocenters. The fourth-order valence-corrected chi connectivity index (χ4v) is 4.88. The number of sulfonamides is 1. The van der Waals surface area contributed by atoms with Gasteiger partial charge in [-0.3, -0.25) is 4.79 Å². The monoisotopic (exact) mass is 398 g/mol. The van der Waals surface area contributed by atoms with Gasteiger partial charge in [0.1, 0.15) is 16.8 Å². The summed E-state index contributed by atoms with van der Waals surface area (Å²) in [5.74, 6) is -2.29. The molecule has 1 amide bonds. The van der Waals surface area contributed by atoms with Gasteiger partial charge in [-0.2, -0.15) is 4.31 Å². The zero-order valence-electron chi connectivity index (χ0n) is 14.8. The number of piperidine rings is 1. The van der Waals surface area contributed by atoms with Gasteiger partial charge in [0.05, 0.1) is 0 Å². The molecule has 1 saturated heterocycles. The Morgan fingerprint density at radius 3 is 2.37 bits per heavy atom. The highest BCUT2D eigenvalue weighted by Crippen LogP contribution is 2.33. The number of carboxylic acids is 1. The lowest BCUT2D eigenvalue weighted by Crippen LogP contribution is -2.47. The molecule has 9 heteroatoms. The molecule has 0 radical (unpaired) electrons. The maximum Gasteiger partial charge on any atom is 0.326 e. The van der Waals surface area contributed by atoms with Crippen LogP contribution in [0.1, 0.15) is 32.1 Å². The molecular weight excluding hydrogens is 375 g/mol. The minimum Gasteiger partial charge on any atom is -0.480 e. The molecule has 0 spiro atoms. The Morgan fingerprint density at radius 1 is 1.19 bits per heavy atom. The summed E-state index contributed by atoms with van der Waals surface area (Å²) in [6, 6.07) is 4.30. The molecule has 1 aromatic carbocycles. The van der Waals surface area contributed by atoms with Crippen LogP contribution in [0.3, 0.4) is 0 Å². The summed E-state index contributed by atoms with van der Waals surface area (Å²) in [6.07, 6.45) is 2.96. The van der Waals surface area contributed by atoms with Gasteiger partial charge in [-0.1, -0.05) is 25.0 Å². The Hall–Kier alpha value is -2.00. The highest BCUT2D eigenvalue weighted by Gasteiger charge is 2.35. The summed E-state index contributed by atoms with van der Waals surface area (Å²) >= 11 is 0. The fraction of sp³-hybridized carbons (Fsp3) is 0.556. The quantitative estimate of drug-likeness (QED) is 0.726. The van der Waals surface area contributed by atoms with E-state index in [1.807, 2.05) is 0 Å². The van der Waals surface area contributed by atoms with Gasteiger partial charge in [0.2, 0.25) is 15.9 Å². The molecule has 3 rings (SSSR count). The van der Waals surface area contributed by atoms with E-state index in [1.165, 1.54) is 22.5 Å². The maximum atomic E-state index is 13.8. The Bertz CT molecular complexity index is 817. The molecule has 1 aliphatic carbocycles. The summed E-state index contributed by atoms with van der Waals surface area (Å²) in [4.78, 5) is 23.3. The van der Waals surface area contributed by atoms with Gasteiger partial charge in [0, 0.05) is 19.0 Å². The van der Waals surface area contributed by atoms with Gasteiger partial charge in [0.15, 0.2) is 0 Å². The van der Waals surface area contributed by atoms with Crippen molar-refractivity contribution in [2.45, 2.75) is 43.0 Å². The Morgan fingerprint density at radius 2 is 1.81 bits per heavy atom. The number of rotatable bonds is 7. The summed E-state index contributed by atoms with van der Waals surface area (Å²) < 4.78 is 40.2. The van der Waals surface area contributed by atoms with Crippen molar-refractivity contribution in [1.29, 1.82) is 0 Å². The second kappa shape index (κ2) is 7.93. The van der Waals surface area contributed by atoms with Crippen molar-refractivity contribution in [3.8, 4) is 0 Å². The predicted molar refractivity (Wildman–Crippen MR) is 94.8 cm³/mol. The average molecular weight is 398 g/mol.